The second-order valence-electron chi connectivity index (χ2n) is 9.79. The van der Waals surface area contributed by atoms with Crippen LogP contribution in [0.1, 0.15) is 32.7 Å². The van der Waals surface area contributed by atoms with Gasteiger partial charge in [-0.15, -0.1) is 0 Å². The summed E-state index contributed by atoms with van der Waals surface area (Å²) in [6.45, 7) is 1.10. The third kappa shape index (κ3) is 8.13. The van der Waals surface area contributed by atoms with Gasteiger partial charge < -0.3 is 30.0 Å². The first-order valence-corrected chi connectivity index (χ1v) is 14.0. The van der Waals surface area contributed by atoms with E-state index in [-0.39, 0.29) is 17.9 Å². The maximum absolute atomic E-state index is 12.7. The molecule has 9 nitrogen and oxygen atoms in total. The minimum atomic E-state index is -1.12. The average Bonchev–Trinajstić information content (AvgIpc) is 3.04. The third-order valence-electron chi connectivity index (χ3n) is 6.61. The highest BCUT2D eigenvalue weighted by Gasteiger charge is 2.13. The van der Waals surface area contributed by atoms with E-state index in [0.717, 1.165) is 22.1 Å². The number of aromatic carboxylic acids is 1. The monoisotopic (exact) mass is 590 g/mol. The zero-order valence-electron chi connectivity index (χ0n) is 23.7. The van der Waals surface area contributed by atoms with E-state index >= 15 is 0 Å². The Morgan fingerprint density at radius 2 is 1.36 bits per heavy atom. The number of carboxylic acid groups (broad SMARTS) is 1. The first-order chi connectivity index (χ1) is 21.4. The summed E-state index contributed by atoms with van der Waals surface area (Å²) in [4.78, 5) is 35.9. The Morgan fingerprint density at radius 3 is 2.11 bits per heavy atom. The number of ether oxygens (including phenoxy) is 3. The number of carboxylic acids is 1. The fraction of sp³-hybridized carbons (Fsp3) is 0.114. The number of alkyl carbamates (subject to hydrolysis) is 1. The summed E-state index contributed by atoms with van der Waals surface area (Å²) in [6.07, 6.45) is 0.166. The molecule has 0 aliphatic carbocycles. The van der Waals surface area contributed by atoms with Gasteiger partial charge in [0, 0.05) is 12.1 Å². The van der Waals surface area contributed by atoms with E-state index < -0.39 is 18.0 Å². The lowest BCUT2D eigenvalue weighted by molar-refractivity contribution is 0.0698. The summed E-state index contributed by atoms with van der Waals surface area (Å²) < 4.78 is 17.0. The van der Waals surface area contributed by atoms with Crippen molar-refractivity contribution in [2.75, 3.05) is 18.5 Å². The lowest BCUT2D eigenvalue weighted by Gasteiger charge is -2.11. The number of hydrogen-bond acceptors (Lipinski definition) is 6. The van der Waals surface area contributed by atoms with Crippen LogP contribution in [0.2, 0.25) is 0 Å². The molecule has 0 spiro atoms. The molecule has 0 aromatic heterocycles. The molecule has 0 saturated heterocycles. The number of rotatable bonds is 12. The number of fused-ring (bicyclic) bond motifs is 1. The molecule has 0 saturated carbocycles. The van der Waals surface area contributed by atoms with E-state index in [1.54, 1.807) is 42.5 Å². The predicted molar refractivity (Wildman–Crippen MR) is 167 cm³/mol. The summed E-state index contributed by atoms with van der Waals surface area (Å²) in [6, 6.07) is 33.8. The minimum Gasteiger partial charge on any atom is -0.494 e. The Bertz CT molecular complexity index is 1760. The number of carbonyl (C=O) groups is 3. The Hall–Kier alpha value is -5.83. The molecule has 0 heterocycles. The topological polar surface area (TPSA) is 123 Å². The number of anilines is 1. The highest BCUT2D eigenvalue weighted by atomic mass is 16.5. The van der Waals surface area contributed by atoms with Crippen molar-refractivity contribution in [2.24, 2.45) is 0 Å². The van der Waals surface area contributed by atoms with Gasteiger partial charge in [-0.1, -0.05) is 54.6 Å². The van der Waals surface area contributed by atoms with Crippen molar-refractivity contribution in [3.8, 4) is 17.2 Å². The van der Waals surface area contributed by atoms with Crippen LogP contribution in [0.3, 0.4) is 0 Å². The van der Waals surface area contributed by atoms with Crippen LogP contribution in [-0.2, 0) is 11.3 Å². The van der Waals surface area contributed by atoms with E-state index in [1.807, 2.05) is 66.7 Å². The molecule has 0 fully saturated rings. The number of amides is 2. The Kier molecular flexibility index (Phi) is 9.69. The number of hydrogen-bond donors (Lipinski definition) is 3. The molecule has 0 bridgehead atoms. The third-order valence-corrected chi connectivity index (χ3v) is 6.61. The van der Waals surface area contributed by atoms with Gasteiger partial charge in [-0.2, -0.15) is 0 Å². The first-order valence-electron chi connectivity index (χ1n) is 14.0. The summed E-state index contributed by atoms with van der Waals surface area (Å²) >= 11 is 0. The molecule has 0 aliphatic rings. The fourth-order valence-electron chi connectivity index (χ4n) is 4.37. The molecule has 9 heteroatoms. The van der Waals surface area contributed by atoms with Gasteiger partial charge >= 0.3 is 12.1 Å². The second kappa shape index (κ2) is 14.4. The number of para-hydroxylation sites is 1. The highest BCUT2D eigenvalue weighted by molar-refractivity contribution is 6.07. The fourth-order valence-corrected chi connectivity index (χ4v) is 4.37. The minimum absolute atomic E-state index is 0.0158. The summed E-state index contributed by atoms with van der Waals surface area (Å²) in [5, 5.41) is 16.6. The van der Waals surface area contributed by atoms with Crippen molar-refractivity contribution < 1.29 is 33.7 Å². The zero-order valence-corrected chi connectivity index (χ0v) is 23.7. The predicted octanol–water partition coefficient (Wildman–Crippen LogP) is 7.28. The van der Waals surface area contributed by atoms with Gasteiger partial charge in [0.15, 0.2) is 0 Å². The van der Waals surface area contributed by atoms with Crippen molar-refractivity contribution in [1.82, 2.24) is 5.32 Å². The van der Waals surface area contributed by atoms with Crippen molar-refractivity contribution in [3.63, 3.8) is 0 Å². The lowest BCUT2D eigenvalue weighted by atomic mass is 10.1. The zero-order chi connectivity index (χ0) is 30.7. The lowest BCUT2D eigenvalue weighted by Crippen LogP contribution is -2.26. The second-order valence-corrected chi connectivity index (χ2v) is 9.79. The van der Waals surface area contributed by atoms with Crippen LogP contribution in [-0.4, -0.2) is 36.2 Å². The van der Waals surface area contributed by atoms with Crippen LogP contribution < -0.4 is 20.1 Å². The Labute approximate surface area is 254 Å². The van der Waals surface area contributed by atoms with Gasteiger partial charge in [-0.25, -0.2) is 9.59 Å². The van der Waals surface area contributed by atoms with Crippen LogP contribution >= 0.6 is 0 Å². The smallest absolute Gasteiger partial charge is 0.407 e. The van der Waals surface area contributed by atoms with Crippen molar-refractivity contribution >= 4 is 34.4 Å². The number of benzene rings is 5. The molecular weight excluding hydrogens is 560 g/mol. The molecule has 0 radical (unpaired) electrons. The molecule has 5 aromatic carbocycles. The van der Waals surface area contributed by atoms with Crippen LogP contribution in [0, 0.1) is 0 Å². The van der Waals surface area contributed by atoms with Gasteiger partial charge in [0.1, 0.15) is 23.9 Å². The molecule has 0 unspecified atom stereocenters. The van der Waals surface area contributed by atoms with Gasteiger partial charge in [0.05, 0.1) is 17.9 Å². The summed E-state index contributed by atoms with van der Waals surface area (Å²) in [5.74, 6) is 0.352. The standard InChI is InChI=1S/C35H30N2O7/c38-33(37-32-10-5-4-9-31(32)34(39)40)25-11-15-28(16-12-25)44-30-18-14-26-21-29(17-13-27(26)22-30)42-20-6-19-36-35(41)43-23-24-7-2-1-3-8-24/h1-5,7-18,21-22H,6,19-20,23H2,(H,36,41)(H,37,38)(H,39,40). The Balaban J connectivity index is 1.08. The van der Waals surface area contributed by atoms with Crippen LogP contribution in [0.15, 0.2) is 115 Å². The molecule has 0 atom stereocenters. The van der Waals surface area contributed by atoms with E-state index in [4.69, 9.17) is 14.2 Å². The quantitative estimate of drug-likeness (QED) is 0.131. The SMILES string of the molecule is O=C(NCCCOc1ccc2cc(Oc3ccc(C(=O)Nc4ccccc4C(=O)O)cc3)ccc2c1)OCc1ccccc1. The molecule has 5 rings (SSSR count). The van der Waals surface area contributed by atoms with E-state index in [0.29, 0.717) is 36.6 Å². The van der Waals surface area contributed by atoms with Crippen LogP contribution in [0.25, 0.3) is 10.8 Å². The molecule has 3 N–H and O–H groups in total. The maximum atomic E-state index is 12.7. The number of carbonyl (C=O) groups excluding carboxylic acids is 2. The summed E-state index contributed by atoms with van der Waals surface area (Å²) in [7, 11) is 0. The molecule has 222 valence electrons. The van der Waals surface area contributed by atoms with Crippen LogP contribution in [0.5, 0.6) is 17.2 Å². The van der Waals surface area contributed by atoms with Gasteiger partial charge in [0.25, 0.3) is 5.91 Å². The van der Waals surface area contributed by atoms with E-state index in [9.17, 15) is 19.5 Å². The normalized spacial score (nSPS) is 10.5. The highest BCUT2D eigenvalue weighted by Crippen LogP contribution is 2.28. The van der Waals surface area contributed by atoms with Crippen LogP contribution in [0.4, 0.5) is 10.5 Å². The Morgan fingerprint density at radius 1 is 0.705 bits per heavy atom. The first kappa shape index (κ1) is 29.7. The number of nitrogens with one attached hydrogen (secondary N) is 2. The molecule has 0 aliphatic heterocycles. The van der Waals surface area contributed by atoms with E-state index in [1.165, 1.54) is 6.07 Å². The van der Waals surface area contributed by atoms with Crippen molar-refractivity contribution in [2.45, 2.75) is 13.0 Å². The molecule has 5 aromatic rings. The summed E-state index contributed by atoms with van der Waals surface area (Å²) in [5.41, 5.74) is 1.54. The van der Waals surface area contributed by atoms with Crippen molar-refractivity contribution in [3.05, 3.63) is 132 Å². The molecular formula is C35H30N2O7. The van der Waals surface area contributed by atoms with Crippen molar-refractivity contribution in [1.29, 1.82) is 0 Å². The largest absolute Gasteiger partial charge is 0.494 e. The van der Waals surface area contributed by atoms with E-state index in [2.05, 4.69) is 10.6 Å². The average molecular weight is 591 g/mol. The van der Waals surface area contributed by atoms with Gasteiger partial charge in [-0.3, -0.25) is 4.79 Å². The van der Waals surface area contributed by atoms with Gasteiger partial charge in [0.2, 0.25) is 0 Å². The maximum Gasteiger partial charge on any atom is 0.407 e. The molecule has 2 amide bonds. The molecule has 44 heavy (non-hydrogen) atoms. The van der Waals surface area contributed by atoms with Gasteiger partial charge in [-0.05, 0) is 83.4 Å².